The minimum atomic E-state index is -0.947. The number of carboxylic acids is 1. The molecule has 1 aliphatic heterocycles. The molecule has 29 heavy (non-hydrogen) atoms. The molecule has 5 atom stereocenters. The van der Waals surface area contributed by atoms with E-state index in [1.807, 2.05) is 12.1 Å². The molecule has 0 spiro atoms. The van der Waals surface area contributed by atoms with Gasteiger partial charge in [-0.1, -0.05) is 24.3 Å². The highest BCUT2D eigenvalue weighted by atomic mass is 35.5. The molecule has 0 amide bonds. The highest BCUT2D eigenvalue weighted by Crippen LogP contribution is 2.56. The lowest BCUT2D eigenvalue weighted by molar-refractivity contribution is -0.387. The van der Waals surface area contributed by atoms with Gasteiger partial charge in [-0.15, -0.1) is 23.4 Å². The lowest BCUT2D eigenvalue weighted by Crippen LogP contribution is -2.42. The number of hydrogen-bond donors (Lipinski definition) is 2. The zero-order chi connectivity index (χ0) is 20.7. The van der Waals surface area contributed by atoms with Crippen LogP contribution in [0.5, 0.6) is 5.75 Å². The van der Waals surface area contributed by atoms with E-state index < -0.39 is 16.9 Å². The molecule has 0 bridgehead atoms. The van der Waals surface area contributed by atoms with E-state index in [9.17, 15) is 20.0 Å². The molecule has 0 radical (unpaired) electrons. The quantitative estimate of drug-likeness (QED) is 0.409. The van der Waals surface area contributed by atoms with Crippen LogP contribution in [0.25, 0.3) is 0 Å². The summed E-state index contributed by atoms with van der Waals surface area (Å²) in [6.07, 6.45) is 0.538. The van der Waals surface area contributed by atoms with Gasteiger partial charge in [0.25, 0.3) is 5.69 Å². The van der Waals surface area contributed by atoms with Crippen LogP contribution in [0.4, 0.5) is 11.4 Å². The smallest absolute Gasteiger partial charge is 0.326 e. The second-order valence-corrected chi connectivity index (χ2v) is 8.92. The molecule has 2 aromatic rings. The molecule has 152 valence electrons. The molecule has 1 fully saturated rings. The number of para-hydroxylation sites is 2. The van der Waals surface area contributed by atoms with Crippen LogP contribution in [0, 0.1) is 16.0 Å². The summed E-state index contributed by atoms with van der Waals surface area (Å²) in [6, 6.07) is 11.3. The number of thioether (sulfide) groups is 1. The van der Waals surface area contributed by atoms with Gasteiger partial charge in [0.15, 0.2) is 0 Å². The van der Waals surface area contributed by atoms with Crippen LogP contribution in [0.1, 0.15) is 17.9 Å². The molecule has 1 heterocycles. The van der Waals surface area contributed by atoms with E-state index in [1.165, 1.54) is 17.8 Å². The summed E-state index contributed by atoms with van der Waals surface area (Å²) in [5.74, 6) is -0.790. The third kappa shape index (κ3) is 3.40. The van der Waals surface area contributed by atoms with Crippen molar-refractivity contribution < 1.29 is 19.6 Å². The van der Waals surface area contributed by atoms with Crippen molar-refractivity contribution in [3.63, 3.8) is 0 Å². The minimum absolute atomic E-state index is 0.0335. The summed E-state index contributed by atoms with van der Waals surface area (Å²) in [5, 5.41) is 23.8. The summed E-state index contributed by atoms with van der Waals surface area (Å²) in [7, 11) is 1.54. The number of rotatable bonds is 5. The Kier molecular flexibility index (Phi) is 5.31. The maximum Gasteiger partial charge on any atom is 0.326 e. The normalized spacial score (nSPS) is 27.4. The predicted molar refractivity (Wildman–Crippen MR) is 111 cm³/mol. The molecule has 4 rings (SSSR count). The number of nitro benzene ring substituents is 1. The van der Waals surface area contributed by atoms with Crippen LogP contribution in [-0.4, -0.2) is 39.8 Å². The van der Waals surface area contributed by atoms with Gasteiger partial charge < -0.3 is 15.2 Å². The number of nitrogens with one attached hydrogen (secondary N) is 1. The van der Waals surface area contributed by atoms with Crippen molar-refractivity contribution >= 4 is 40.7 Å². The van der Waals surface area contributed by atoms with E-state index in [2.05, 4.69) is 5.32 Å². The maximum absolute atomic E-state index is 12.0. The molecule has 2 N–H and O–H groups in total. The van der Waals surface area contributed by atoms with Gasteiger partial charge in [0.05, 0.1) is 28.0 Å². The fraction of sp³-hybridized carbons (Fsp3) is 0.350. The highest BCUT2D eigenvalue weighted by molar-refractivity contribution is 8.00. The van der Waals surface area contributed by atoms with Gasteiger partial charge in [-0.3, -0.25) is 10.1 Å². The van der Waals surface area contributed by atoms with Crippen molar-refractivity contribution in [1.29, 1.82) is 0 Å². The number of methoxy groups -OCH3 is 1. The summed E-state index contributed by atoms with van der Waals surface area (Å²) < 4.78 is 5.41. The monoisotopic (exact) mass is 434 g/mol. The van der Waals surface area contributed by atoms with Crippen LogP contribution < -0.4 is 10.1 Å². The van der Waals surface area contributed by atoms with Crippen molar-refractivity contribution in [3.05, 3.63) is 58.1 Å². The lowest BCUT2D eigenvalue weighted by Gasteiger charge is -2.36. The van der Waals surface area contributed by atoms with Gasteiger partial charge in [-0.05, 0) is 30.0 Å². The van der Waals surface area contributed by atoms with Gasteiger partial charge in [-0.2, -0.15) is 0 Å². The second-order valence-electron chi connectivity index (χ2n) is 7.14. The van der Waals surface area contributed by atoms with Gasteiger partial charge in [0.2, 0.25) is 0 Å². The Morgan fingerprint density at radius 3 is 2.76 bits per heavy atom. The van der Waals surface area contributed by atoms with Crippen LogP contribution in [0.15, 0.2) is 47.4 Å². The molecular weight excluding hydrogens is 416 g/mol. The molecule has 2 aliphatic rings. The zero-order valence-electron chi connectivity index (χ0n) is 15.4. The highest BCUT2D eigenvalue weighted by Gasteiger charge is 2.52. The Morgan fingerprint density at radius 2 is 2.07 bits per heavy atom. The molecular formula is C20H19ClN2O5S. The van der Waals surface area contributed by atoms with Gasteiger partial charge in [-0.25, -0.2) is 4.79 Å². The first-order chi connectivity index (χ1) is 13.9. The molecule has 0 aromatic heterocycles. The molecule has 2 aromatic carbocycles. The lowest BCUT2D eigenvalue weighted by atomic mass is 9.79. The van der Waals surface area contributed by atoms with Crippen LogP contribution in [-0.2, 0) is 4.79 Å². The third-order valence-electron chi connectivity index (χ3n) is 5.64. The average Bonchev–Trinajstić information content (AvgIpc) is 3.03. The fourth-order valence-corrected chi connectivity index (χ4v) is 6.34. The largest absolute Gasteiger partial charge is 0.495 e. The molecule has 9 heteroatoms. The first-order valence-electron chi connectivity index (χ1n) is 9.12. The molecule has 7 nitrogen and oxygen atoms in total. The van der Waals surface area contributed by atoms with E-state index in [0.29, 0.717) is 22.8 Å². The second kappa shape index (κ2) is 7.76. The maximum atomic E-state index is 12.0. The third-order valence-corrected chi connectivity index (χ3v) is 7.75. The Morgan fingerprint density at radius 1 is 1.31 bits per heavy atom. The summed E-state index contributed by atoms with van der Waals surface area (Å²) in [4.78, 5) is 23.5. The van der Waals surface area contributed by atoms with E-state index in [0.717, 1.165) is 5.56 Å². The average molecular weight is 435 g/mol. The van der Waals surface area contributed by atoms with Crippen molar-refractivity contribution in [2.75, 3.05) is 12.4 Å². The first-order valence-corrected chi connectivity index (χ1v) is 10.4. The fourth-order valence-electron chi connectivity index (χ4n) is 4.40. The number of anilines is 1. The Labute approximate surface area is 176 Å². The first kappa shape index (κ1) is 19.8. The van der Waals surface area contributed by atoms with Crippen LogP contribution in [0.2, 0.25) is 0 Å². The number of hydrogen-bond acceptors (Lipinski definition) is 6. The Bertz CT molecular complexity index is 972. The molecule has 0 unspecified atom stereocenters. The Hall–Kier alpha value is -2.45. The standard InChI is InChI=1S/C20H19ClN2O5S/c1-28-13-7-4-5-10-16-11(19(20(24)25)22-18(10)13)9-15(17(16)21)29-14-8-3-2-6-12(14)23(26)27/h2-8,11,15-17,19,22H,9H2,1H3,(H,24,25)/t11-,15-,16-,17-,19+/m1/s1. The topological polar surface area (TPSA) is 102 Å². The molecule has 1 aliphatic carbocycles. The molecule has 1 saturated carbocycles. The van der Waals surface area contributed by atoms with Gasteiger partial charge >= 0.3 is 5.97 Å². The number of halogens is 1. The van der Waals surface area contributed by atoms with E-state index in [1.54, 1.807) is 31.4 Å². The van der Waals surface area contributed by atoms with E-state index in [-0.39, 0.29) is 28.2 Å². The van der Waals surface area contributed by atoms with Crippen LogP contribution in [0.3, 0.4) is 0 Å². The van der Waals surface area contributed by atoms with Crippen LogP contribution >= 0.6 is 23.4 Å². The summed E-state index contributed by atoms with van der Waals surface area (Å²) in [5.41, 5.74) is 1.62. The van der Waals surface area contributed by atoms with Crippen molar-refractivity contribution in [3.8, 4) is 5.75 Å². The number of ether oxygens (including phenoxy) is 1. The number of carbonyl (C=O) groups is 1. The van der Waals surface area contributed by atoms with Crippen molar-refractivity contribution in [1.82, 2.24) is 0 Å². The predicted octanol–water partition coefficient (Wildman–Crippen LogP) is 4.35. The number of nitro groups is 1. The number of alkyl halides is 1. The number of nitrogens with zero attached hydrogens (tertiary/aromatic N) is 1. The summed E-state index contributed by atoms with van der Waals surface area (Å²) in [6.45, 7) is 0. The Balaban J connectivity index is 1.71. The summed E-state index contributed by atoms with van der Waals surface area (Å²) >= 11 is 8.23. The van der Waals surface area contributed by atoms with Crippen molar-refractivity contribution in [2.45, 2.75) is 33.9 Å². The number of benzene rings is 2. The SMILES string of the molecule is COc1cccc2c1N[C@H](C(=O)O)[C@@H]1C[C@@H](Sc3ccccc3[N+](=O)[O-])[C@@H](Cl)[C@H]21. The van der Waals surface area contributed by atoms with Gasteiger partial charge in [0, 0.05) is 17.2 Å². The molecule has 0 saturated heterocycles. The van der Waals surface area contributed by atoms with E-state index >= 15 is 0 Å². The number of carboxylic acid groups (broad SMARTS) is 1. The van der Waals surface area contributed by atoms with E-state index in [4.69, 9.17) is 16.3 Å². The van der Waals surface area contributed by atoms with Crippen molar-refractivity contribution in [2.24, 2.45) is 5.92 Å². The number of fused-ring (bicyclic) bond motifs is 3. The number of aliphatic carboxylic acids is 1. The van der Waals surface area contributed by atoms with Gasteiger partial charge in [0.1, 0.15) is 11.8 Å². The zero-order valence-corrected chi connectivity index (χ0v) is 17.0. The minimum Gasteiger partial charge on any atom is -0.495 e.